The third kappa shape index (κ3) is 4.19. The van der Waals surface area contributed by atoms with Crippen molar-refractivity contribution in [3.05, 3.63) is 23.8 Å². The summed E-state index contributed by atoms with van der Waals surface area (Å²) in [7, 11) is 0.475. The second kappa shape index (κ2) is 6.06. The van der Waals surface area contributed by atoms with Crippen LogP contribution in [0.25, 0.3) is 0 Å². The summed E-state index contributed by atoms with van der Waals surface area (Å²) in [6, 6.07) is 5.60. The number of benzene rings is 1. The fourth-order valence-electron chi connectivity index (χ4n) is 1.62. The van der Waals surface area contributed by atoms with Crippen molar-refractivity contribution in [3.63, 3.8) is 0 Å². The lowest BCUT2D eigenvalue weighted by Gasteiger charge is -2.22. The Hall–Kier alpha value is -1.27. The first kappa shape index (κ1) is 14.8. The normalized spacial score (nSPS) is 11.3. The summed E-state index contributed by atoms with van der Waals surface area (Å²) < 4.78 is 27.5. The number of hydrogen-bond donors (Lipinski definition) is 1. The zero-order valence-corrected chi connectivity index (χ0v) is 11.8. The van der Waals surface area contributed by atoms with E-state index >= 15 is 0 Å². The van der Waals surface area contributed by atoms with E-state index in [1.807, 2.05) is 30.1 Å². The summed E-state index contributed by atoms with van der Waals surface area (Å²) in [6.07, 6.45) is 1.23. The number of nitrogens with two attached hydrogens (primary N) is 1. The van der Waals surface area contributed by atoms with Gasteiger partial charge in [-0.1, -0.05) is 6.07 Å². The second-order valence-electron chi connectivity index (χ2n) is 4.25. The maximum Gasteiger partial charge on any atom is 0.149 e. The summed E-state index contributed by atoms with van der Waals surface area (Å²) in [4.78, 5) is 1.88. The van der Waals surface area contributed by atoms with Gasteiger partial charge in [0.2, 0.25) is 0 Å². The van der Waals surface area contributed by atoms with Crippen molar-refractivity contribution >= 4 is 15.5 Å². The van der Waals surface area contributed by atoms with E-state index < -0.39 is 9.84 Å². The highest BCUT2D eigenvalue weighted by molar-refractivity contribution is 7.90. The second-order valence-corrected chi connectivity index (χ2v) is 6.51. The number of ether oxygens (including phenoxy) is 1. The number of hydrogen-bond acceptors (Lipinski definition) is 5. The predicted octanol–water partition coefficient (Wildman–Crippen LogP) is 0.635. The van der Waals surface area contributed by atoms with Crippen molar-refractivity contribution in [2.45, 2.75) is 6.54 Å². The standard InChI is InChI=1S/C12H20N2O3S/c1-14(6-7-18(3,15)16)12-8-11(17-2)5-4-10(12)9-13/h4-5,8H,6-7,9,13H2,1-3H3. The van der Waals surface area contributed by atoms with Gasteiger partial charge in [0.1, 0.15) is 15.6 Å². The van der Waals surface area contributed by atoms with Crippen LogP contribution in [0, 0.1) is 0 Å². The zero-order chi connectivity index (χ0) is 13.8. The molecule has 1 aromatic rings. The molecule has 0 atom stereocenters. The lowest BCUT2D eigenvalue weighted by Crippen LogP contribution is -2.26. The minimum absolute atomic E-state index is 0.116. The molecule has 0 saturated heterocycles. The van der Waals surface area contributed by atoms with Crippen LogP contribution in [0.3, 0.4) is 0 Å². The first-order valence-electron chi connectivity index (χ1n) is 5.63. The van der Waals surface area contributed by atoms with Crippen LogP contribution >= 0.6 is 0 Å². The molecule has 0 aliphatic carbocycles. The average molecular weight is 272 g/mol. The van der Waals surface area contributed by atoms with Gasteiger partial charge in [0.15, 0.2) is 0 Å². The van der Waals surface area contributed by atoms with E-state index in [-0.39, 0.29) is 5.75 Å². The molecular weight excluding hydrogens is 252 g/mol. The lowest BCUT2D eigenvalue weighted by atomic mass is 10.1. The van der Waals surface area contributed by atoms with Gasteiger partial charge in [-0.15, -0.1) is 0 Å². The Kier molecular flexibility index (Phi) is 4.98. The quantitative estimate of drug-likeness (QED) is 0.822. The van der Waals surface area contributed by atoms with Crippen molar-refractivity contribution in [3.8, 4) is 5.75 Å². The van der Waals surface area contributed by atoms with E-state index in [2.05, 4.69) is 0 Å². The summed E-state index contributed by atoms with van der Waals surface area (Å²) in [5.41, 5.74) is 7.54. The van der Waals surface area contributed by atoms with E-state index in [0.29, 0.717) is 13.1 Å². The first-order valence-corrected chi connectivity index (χ1v) is 7.69. The number of sulfone groups is 1. The van der Waals surface area contributed by atoms with Crippen LogP contribution in [0.4, 0.5) is 5.69 Å². The summed E-state index contributed by atoms with van der Waals surface area (Å²) >= 11 is 0. The van der Waals surface area contributed by atoms with Crippen molar-refractivity contribution in [1.29, 1.82) is 0 Å². The molecule has 6 heteroatoms. The largest absolute Gasteiger partial charge is 0.497 e. The number of methoxy groups -OCH3 is 1. The zero-order valence-electron chi connectivity index (χ0n) is 11.0. The molecular formula is C12H20N2O3S. The molecule has 0 amide bonds. The molecule has 2 N–H and O–H groups in total. The van der Waals surface area contributed by atoms with Crippen LogP contribution in [-0.2, 0) is 16.4 Å². The van der Waals surface area contributed by atoms with Gasteiger partial charge in [-0.2, -0.15) is 0 Å². The third-order valence-corrected chi connectivity index (χ3v) is 3.65. The molecule has 0 saturated carbocycles. The van der Waals surface area contributed by atoms with Gasteiger partial charge in [0.25, 0.3) is 0 Å². The molecule has 1 aromatic carbocycles. The van der Waals surface area contributed by atoms with Gasteiger partial charge in [-0.3, -0.25) is 0 Å². The van der Waals surface area contributed by atoms with E-state index in [1.54, 1.807) is 7.11 Å². The Bertz CT molecular complexity index is 500. The van der Waals surface area contributed by atoms with Crippen LogP contribution in [0.1, 0.15) is 5.56 Å². The minimum Gasteiger partial charge on any atom is -0.497 e. The van der Waals surface area contributed by atoms with Gasteiger partial charge in [-0.05, 0) is 11.6 Å². The molecule has 5 nitrogen and oxygen atoms in total. The predicted molar refractivity (Wildman–Crippen MR) is 73.9 cm³/mol. The van der Waals surface area contributed by atoms with Crippen LogP contribution in [0.5, 0.6) is 5.75 Å². The maximum absolute atomic E-state index is 11.2. The average Bonchev–Trinajstić information content (AvgIpc) is 2.34. The van der Waals surface area contributed by atoms with Crippen molar-refractivity contribution in [1.82, 2.24) is 0 Å². The minimum atomic E-state index is -2.97. The highest BCUT2D eigenvalue weighted by atomic mass is 32.2. The Morgan fingerprint density at radius 2 is 2.06 bits per heavy atom. The van der Waals surface area contributed by atoms with Crippen molar-refractivity contribution < 1.29 is 13.2 Å². The molecule has 18 heavy (non-hydrogen) atoms. The molecule has 102 valence electrons. The summed E-state index contributed by atoms with van der Waals surface area (Å²) in [5, 5.41) is 0. The molecule has 0 aliphatic heterocycles. The molecule has 0 unspecified atom stereocenters. The van der Waals surface area contributed by atoms with Gasteiger partial charge in [-0.25, -0.2) is 8.42 Å². The molecule has 0 aliphatic rings. The molecule has 0 radical (unpaired) electrons. The summed E-state index contributed by atoms with van der Waals surface area (Å²) in [5.74, 6) is 0.846. The molecule has 0 aromatic heterocycles. The molecule has 0 fully saturated rings. The Labute approximate surface area is 108 Å². The third-order valence-electron chi connectivity index (χ3n) is 2.72. The first-order chi connectivity index (χ1) is 8.37. The smallest absolute Gasteiger partial charge is 0.149 e. The fourth-order valence-corrected chi connectivity index (χ4v) is 2.23. The lowest BCUT2D eigenvalue weighted by molar-refractivity contribution is 0.414. The van der Waals surface area contributed by atoms with Crippen LogP contribution in [-0.4, -0.2) is 41.1 Å². The van der Waals surface area contributed by atoms with Gasteiger partial charge >= 0.3 is 0 Å². The van der Waals surface area contributed by atoms with E-state index in [4.69, 9.17) is 10.5 Å². The fraction of sp³-hybridized carbons (Fsp3) is 0.500. The summed E-state index contributed by atoms with van der Waals surface area (Å²) in [6.45, 7) is 0.835. The highest BCUT2D eigenvalue weighted by Crippen LogP contribution is 2.25. The monoisotopic (exact) mass is 272 g/mol. The Morgan fingerprint density at radius 1 is 1.39 bits per heavy atom. The van der Waals surface area contributed by atoms with Crippen molar-refractivity contribution in [2.75, 3.05) is 37.6 Å². The maximum atomic E-state index is 11.2. The van der Waals surface area contributed by atoms with Crippen LogP contribution in [0.2, 0.25) is 0 Å². The SMILES string of the molecule is COc1ccc(CN)c(N(C)CCS(C)(=O)=O)c1. The topological polar surface area (TPSA) is 72.6 Å². The van der Waals surface area contributed by atoms with E-state index in [0.717, 1.165) is 17.0 Å². The van der Waals surface area contributed by atoms with Gasteiger partial charge in [0, 0.05) is 38.1 Å². The van der Waals surface area contributed by atoms with E-state index in [1.165, 1.54) is 6.26 Å². The van der Waals surface area contributed by atoms with Crippen LogP contribution in [0.15, 0.2) is 18.2 Å². The Balaban J connectivity index is 2.92. The van der Waals surface area contributed by atoms with Crippen molar-refractivity contribution in [2.24, 2.45) is 5.73 Å². The van der Waals surface area contributed by atoms with E-state index in [9.17, 15) is 8.42 Å². The molecule has 0 bridgehead atoms. The highest BCUT2D eigenvalue weighted by Gasteiger charge is 2.10. The number of rotatable bonds is 6. The molecule has 1 rings (SSSR count). The van der Waals surface area contributed by atoms with Crippen LogP contribution < -0.4 is 15.4 Å². The molecule has 0 heterocycles. The Morgan fingerprint density at radius 3 is 2.56 bits per heavy atom. The molecule has 0 spiro atoms. The van der Waals surface area contributed by atoms with Gasteiger partial charge < -0.3 is 15.4 Å². The number of nitrogens with zero attached hydrogens (tertiary/aromatic N) is 1. The number of anilines is 1. The van der Waals surface area contributed by atoms with Gasteiger partial charge in [0.05, 0.1) is 12.9 Å².